The summed E-state index contributed by atoms with van der Waals surface area (Å²) in [4.78, 5) is 13.6. The van der Waals surface area contributed by atoms with Crippen LogP contribution in [0.2, 0.25) is 0 Å². The Morgan fingerprint density at radius 3 is 3.00 bits per heavy atom. The number of carbonyl (C=O) groups excluding carboxylic acids is 1. The van der Waals surface area contributed by atoms with Crippen molar-refractivity contribution >= 4 is 22.0 Å². The summed E-state index contributed by atoms with van der Waals surface area (Å²) in [5.74, 6) is 0.745. The van der Waals surface area contributed by atoms with Gasteiger partial charge in [-0.05, 0) is 47.8 Å². The van der Waals surface area contributed by atoms with Gasteiger partial charge in [-0.25, -0.2) is 4.79 Å². The van der Waals surface area contributed by atoms with Crippen molar-refractivity contribution < 1.29 is 13.9 Å². The lowest BCUT2D eigenvalue weighted by molar-refractivity contribution is 0.0836. The quantitative estimate of drug-likeness (QED) is 0.923. The summed E-state index contributed by atoms with van der Waals surface area (Å²) in [6, 6.07) is 3.57. The van der Waals surface area contributed by atoms with Crippen LogP contribution in [0.25, 0.3) is 0 Å². The van der Waals surface area contributed by atoms with Gasteiger partial charge >= 0.3 is 6.03 Å². The lowest BCUT2D eigenvalue weighted by atomic mass is 10.1. The number of rotatable bonds is 4. The smallest absolute Gasteiger partial charge is 0.317 e. The van der Waals surface area contributed by atoms with E-state index in [0.717, 1.165) is 25.2 Å². The van der Waals surface area contributed by atoms with E-state index < -0.39 is 0 Å². The predicted octanol–water partition coefficient (Wildman–Crippen LogP) is 2.75. The van der Waals surface area contributed by atoms with E-state index in [1.54, 1.807) is 11.9 Å². The molecule has 2 amide bonds. The van der Waals surface area contributed by atoms with Crippen LogP contribution in [0.3, 0.4) is 0 Å². The number of ether oxygens (including phenoxy) is 1. The first kappa shape index (κ1) is 14.4. The Morgan fingerprint density at radius 1 is 1.63 bits per heavy atom. The molecule has 0 radical (unpaired) electrons. The molecule has 0 saturated carbocycles. The number of nitrogens with zero attached hydrogens (tertiary/aromatic N) is 1. The van der Waals surface area contributed by atoms with Crippen LogP contribution in [0.1, 0.15) is 25.5 Å². The van der Waals surface area contributed by atoms with Crippen LogP contribution in [0.15, 0.2) is 21.2 Å². The number of halogens is 1. The summed E-state index contributed by atoms with van der Waals surface area (Å²) in [6.07, 6.45) is 2.22. The van der Waals surface area contributed by atoms with Crippen LogP contribution in [0.5, 0.6) is 0 Å². The molecule has 0 aromatic carbocycles. The van der Waals surface area contributed by atoms with Gasteiger partial charge < -0.3 is 19.4 Å². The molecule has 2 atom stereocenters. The average Bonchev–Trinajstić information content (AvgIpc) is 3.00. The summed E-state index contributed by atoms with van der Waals surface area (Å²) in [5, 5.41) is 2.96. The number of hydrogen-bond donors (Lipinski definition) is 1. The summed E-state index contributed by atoms with van der Waals surface area (Å²) in [5.41, 5.74) is 0. The number of carbonyl (C=O) groups is 1. The molecule has 1 saturated heterocycles. The molecule has 1 aliphatic rings. The predicted molar refractivity (Wildman–Crippen MR) is 74.8 cm³/mol. The van der Waals surface area contributed by atoms with Crippen molar-refractivity contribution in [2.45, 2.75) is 38.5 Å². The molecule has 1 aromatic rings. The van der Waals surface area contributed by atoms with Crippen molar-refractivity contribution in [3.63, 3.8) is 0 Å². The lowest BCUT2D eigenvalue weighted by Crippen LogP contribution is -2.46. The maximum Gasteiger partial charge on any atom is 0.317 e. The minimum absolute atomic E-state index is 0.0285. The Bertz CT molecular complexity index is 429. The molecule has 1 aliphatic heterocycles. The van der Waals surface area contributed by atoms with Crippen molar-refractivity contribution in [1.29, 1.82) is 0 Å². The third-order valence-corrected chi connectivity index (χ3v) is 3.67. The highest BCUT2D eigenvalue weighted by Crippen LogP contribution is 2.17. The monoisotopic (exact) mass is 330 g/mol. The molecule has 19 heavy (non-hydrogen) atoms. The fraction of sp³-hybridized carbons (Fsp3) is 0.615. The first-order chi connectivity index (χ1) is 9.06. The third-order valence-electron chi connectivity index (χ3n) is 3.24. The molecule has 5 nitrogen and oxygen atoms in total. The Kier molecular flexibility index (Phi) is 4.87. The zero-order valence-electron chi connectivity index (χ0n) is 11.2. The van der Waals surface area contributed by atoms with Crippen molar-refractivity contribution in [3.8, 4) is 0 Å². The molecule has 2 rings (SSSR count). The van der Waals surface area contributed by atoms with Gasteiger partial charge in [0.15, 0.2) is 4.67 Å². The van der Waals surface area contributed by atoms with Gasteiger partial charge in [0, 0.05) is 13.7 Å². The molecule has 1 aromatic heterocycles. The first-order valence-electron chi connectivity index (χ1n) is 6.43. The van der Waals surface area contributed by atoms with E-state index in [1.807, 2.05) is 19.1 Å². The van der Waals surface area contributed by atoms with Gasteiger partial charge in [0.05, 0.1) is 18.7 Å². The van der Waals surface area contributed by atoms with Crippen LogP contribution in [0.4, 0.5) is 4.79 Å². The maximum absolute atomic E-state index is 12.0. The number of urea groups is 1. The van der Waals surface area contributed by atoms with E-state index in [4.69, 9.17) is 9.15 Å². The van der Waals surface area contributed by atoms with E-state index in [2.05, 4.69) is 21.2 Å². The fourth-order valence-corrected chi connectivity index (χ4v) is 2.48. The van der Waals surface area contributed by atoms with Gasteiger partial charge in [-0.15, -0.1) is 0 Å². The topological polar surface area (TPSA) is 54.7 Å². The minimum Gasteiger partial charge on any atom is -0.452 e. The van der Waals surface area contributed by atoms with Gasteiger partial charge in [0.2, 0.25) is 0 Å². The minimum atomic E-state index is -0.115. The molecule has 2 unspecified atom stereocenters. The number of amides is 2. The zero-order chi connectivity index (χ0) is 13.8. The summed E-state index contributed by atoms with van der Waals surface area (Å²) in [6.45, 7) is 3.21. The lowest BCUT2D eigenvalue weighted by Gasteiger charge is -2.23. The summed E-state index contributed by atoms with van der Waals surface area (Å²) in [7, 11) is 1.74. The maximum atomic E-state index is 12.0. The second kappa shape index (κ2) is 6.43. The van der Waals surface area contributed by atoms with Gasteiger partial charge in [0.1, 0.15) is 5.76 Å². The zero-order valence-corrected chi connectivity index (χ0v) is 12.8. The normalized spacial score (nSPS) is 20.3. The van der Waals surface area contributed by atoms with E-state index in [-0.39, 0.29) is 18.2 Å². The van der Waals surface area contributed by atoms with Crippen LogP contribution >= 0.6 is 15.9 Å². The molecule has 2 heterocycles. The number of nitrogens with one attached hydrogen (secondary N) is 1. The molecular formula is C13H19BrN2O3. The molecule has 0 bridgehead atoms. The Labute approximate surface area is 121 Å². The Morgan fingerprint density at radius 2 is 2.42 bits per heavy atom. The highest BCUT2D eigenvalue weighted by atomic mass is 79.9. The summed E-state index contributed by atoms with van der Waals surface area (Å²) < 4.78 is 11.6. The van der Waals surface area contributed by atoms with Crippen LogP contribution in [-0.2, 0) is 11.3 Å². The average molecular weight is 331 g/mol. The second-order valence-corrected chi connectivity index (χ2v) is 5.63. The Balaban J connectivity index is 1.81. The number of furan rings is 1. The molecular weight excluding hydrogens is 312 g/mol. The van der Waals surface area contributed by atoms with Gasteiger partial charge in [-0.1, -0.05) is 0 Å². The molecule has 0 spiro atoms. The van der Waals surface area contributed by atoms with Crippen LogP contribution in [-0.4, -0.2) is 36.7 Å². The van der Waals surface area contributed by atoms with Gasteiger partial charge in [0.25, 0.3) is 0 Å². The van der Waals surface area contributed by atoms with Gasteiger partial charge in [-0.3, -0.25) is 0 Å². The molecule has 6 heteroatoms. The highest BCUT2D eigenvalue weighted by Gasteiger charge is 2.24. The van der Waals surface area contributed by atoms with E-state index in [1.165, 1.54) is 0 Å². The van der Waals surface area contributed by atoms with E-state index >= 15 is 0 Å². The molecule has 0 aliphatic carbocycles. The van der Waals surface area contributed by atoms with Crippen LogP contribution < -0.4 is 5.32 Å². The second-order valence-electron chi connectivity index (χ2n) is 4.85. The highest BCUT2D eigenvalue weighted by molar-refractivity contribution is 9.10. The van der Waals surface area contributed by atoms with E-state index in [0.29, 0.717) is 11.2 Å². The molecule has 1 N–H and O–H groups in total. The Hall–Kier alpha value is -1.01. The van der Waals surface area contributed by atoms with E-state index in [9.17, 15) is 4.79 Å². The third kappa shape index (κ3) is 3.98. The molecule has 1 fully saturated rings. The molecule has 106 valence electrons. The van der Waals surface area contributed by atoms with Crippen LogP contribution in [0, 0.1) is 0 Å². The van der Waals surface area contributed by atoms with Crippen molar-refractivity contribution in [1.82, 2.24) is 10.2 Å². The first-order valence-corrected chi connectivity index (χ1v) is 7.23. The van der Waals surface area contributed by atoms with Crippen molar-refractivity contribution in [3.05, 3.63) is 22.6 Å². The fourth-order valence-electron chi connectivity index (χ4n) is 2.14. The number of hydrogen-bond acceptors (Lipinski definition) is 3. The standard InChI is InChI=1S/C13H19BrN2O3/c1-9(11-4-3-7-18-11)15-13(17)16(2)8-10-5-6-12(14)19-10/h5-6,9,11H,3-4,7-8H2,1-2H3,(H,15,17). The van der Waals surface area contributed by atoms with Gasteiger partial charge in [-0.2, -0.15) is 0 Å². The summed E-state index contributed by atoms with van der Waals surface area (Å²) >= 11 is 3.24. The van der Waals surface area contributed by atoms with Crippen molar-refractivity contribution in [2.24, 2.45) is 0 Å². The SMILES string of the molecule is CC(NC(=O)N(C)Cc1ccc(Br)o1)C1CCCO1. The largest absolute Gasteiger partial charge is 0.452 e. The van der Waals surface area contributed by atoms with Crippen molar-refractivity contribution in [2.75, 3.05) is 13.7 Å².